The minimum Gasteiger partial charge on any atom is -0.350 e. The molecule has 1 heterocycles. The first-order valence-electron chi connectivity index (χ1n) is 11.2. The van der Waals surface area contributed by atoms with E-state index in [1.54, 1.807) is 26.0 Å². The van der Waals surface area contributed by atoms with E-state index in [0.29, 0.717) is 18.7 Å². The molecule has 10 heteroatoms. The van der Waals surface area contributed by atoms with Crippen LogP contribution in [-0.4, -0.2) is 43.7 Å². The molecule has 1 saturated heterocycles. The lowest BCUT2D eigenvalue weighted by Gasteiger charge is -2.26. The van der Waals surface area contributed by atoms with Gasteiger partial charge >= 0.3 is 0 Å². The summed E-state index contributed by atoms with van der Waals surface area (Å²) in [4.78, 5) is 25.4. The molecule has 2 aromatic rings. The van der Waals surface area contributed by atoms with Crippen molar-refractivity contribution in [2.24, 2.45) is 5.92 Å². The molecule has 0 spiro atoms. The minimum atomic E-state index is -3.61. The van der Waals surface area contributed by atoms with E-state index in [1.807, 2.05) is 0 Å². The predicted octanol–water partition coefficient (Wildman–Crippen LogP) is 3.21. The van der Waals surface area contributed by atoms with E-state index in [1.165, 1.54) is 16.4 Å². The van der Waals surface area contributed by atoms with Crippen LogP contribution in [-0.2, 0) is 21.4 Å². The molecular weight excluding hydrogens is 464 g/mol. The lowest BCUT2D eigenvalue weighted by molar-refractivity contribution is -0.124. The quantitative estimate of drug-likeness (QED) is 0.590. The number of nitrogens with zero attached hydrogens (tertiary/aromatic N) is 1. The third-order valence-corrected chi connectivity index (χ3v) is 7.64. The zero-order chi connectivity index (χ0) is 24.9. The van der Waals surface area contributed by atoms with Gasteiger partial charge in [-0.15, -0.1) is 0 Å². The van der Waals surface area contributed by atoms with Gasteiger partial charge in [-0.25, -0.2) is 17.2 Å². The molecule has 1 fully saturated rings. The van der Waals surface area contributed by atoms with Crippen LogP contribution in [0.25, 0.3) is 0 Å². The summed E-state index contributed by atoms with van der Waals surface area (Å²) in [6, 6.07) is 8.37. The van der Waals surface area contributed by atoms with Gasteiger partial charge in [-0.3, -0.25) is 9.59 Å². The number of piperidine rings is 1. The zero-order valence-electron chi connectivity index (χ0n) is 19.2. The topological polar surface area (TPSA) is 95.6 Å². The maximum atomic E-state index is 13.9. The first-order valence-corrected chi connectivity index (χ1v) is 12.7. The average Bonchev–Trinajstić information content (AvgIpc) is 2.81. The Morgan fingerprint density at radius 3 is 2.24 bits per heavy atom. The fourth-order valence-corrected chi connectivity index (χ4v) is 5.42. The van der Waals surface area contributed by atoms with E-state index >= 15 is 0 Å². The fraction of sp³-hybridized carbons (Fsp3) is 0.417. The summed E-state index contributed by atoms with van der Waals surface area (Å²) >= 11 is 0. The summed E-state index contributed by atoms with van der Waals surface area (Å²) < 4.78 is 55.2. The zero-order valence-corrected chi connectivity index (χ0v) is 20.0. The van der Waals surface area contributed by atoms with Gasteiger partial charge in [0.05, 0.1) is 4.90 Å². The van der Waals surface area contributed by atoms with Crippen molar-refractivity contribution in [2.45, 2.75) is 50.6 Å². The van der Waals surface area contributed by atoms with Crippen LogP contribution >= 0.6 is 0 Å². The SMILES string of the molecule is CC(C)C(NC(=O)c1c(F)cccc1F)C(=O)NCc1cccc(S(=O)(=O)N2CCCCC2)c1. The predicted molar refractivity (Wildman–Crippen MR) is 123 cm³/mol. The Labute approximate surface area is 198 Å². The van der Waals surface area contributed by atoms with Crippen LogP contribution < -0.4 is 10.6 Å². The number of hydrogen-bond donors (Lipinski definition) is 2. The molecule has 1 aliphatic rings. The Morgan fingerprint density at radius 2 is 1.62 bits per heavy atom. The molecule has 2 aromatic carbocycles. The molecule has 184 valence electrons. The van der Waals surface area contributed by atoms with E-state index in [0.717, 1.165) is 37.5 Å². The number of halogens is 2. The van der Waals surface area contributed by atoms with Crippen molar-refractivity contribution in [3.63, 3.8) is 0 Å². The molecule has 0 saturated carbocycles. The Kier molecular flexibility index (Phi) is 8.37. The maximum Gasteiger partial charge on any atom is 0.257 e. The molecule has 0 aliphatic carbocycles. The molecule has 1 aliphatic heterocycles. The Morgan fingerprint density at radius 1 is 1.00 bits per heavy atom. The lowest BCUT2D eigenvalue weighted by Crippen LogP contribution is -2.49. The molecular formula is C24H29F2N3O4S. The number of sulfonamides is 1. The number of carbonyl (C=O) groups excluding carboxylic acids is 2. The van der Waals surface area contributed by atoms with E-state index in [2.05, 4.69) is 10.6 Å². The van der Waals surface area contributed by atoms with Crippen LogP contribution in [0, 0.1) is 17.6 Å². The summed E-state index contributed by atoms with van der Waals surface area (Å²) in [5.74, 6) is -3.99. The van der Waals surface area contributed by atoms with Gasteiger partial charge in [-0.05, 0) is 48.6 Å². The number of amides is 2. The molecule has 1 unspecified atom stereocenters. The molecule has 2 N–H and O–H groups in total. The number of carbonyl (C=O) groups is 2. The molecule has 1 atom stereocenters. The summed E-state index contributed by atoms with van der Waals surface area (Å²) in [5, 5.41) is 5.07. The largest absolute Gasteiger partial charge is 0.350 e. The van der Waals surface area contributed by atoms with Gasteiger partial charge in [-0.2, -0.15) is 4.31 Å². The number of rotatable bonds is 8. The monoisotopic (exact) mass is 493 g/mol. The molecule has 0 radical (unpaired) electrons. The third-order valence-electron chi connectivity index (χ3n) is 5.74. The van der Waals surface area contributed by atoms with Gasteiger partial charge in [0.25, 0.3) is 5.91 Å². The van der Waals surface area contributed by atoms with Gasteiger partial charge in [0.2, 0.25) is 15.9 Å². The summed E-state index contributed by atoms with van der Waals surface area (Å²) in [5.41, 5.74) is -0.183. The standard InChI is InChI=1S/C24H29F2N3O4S/c1-16(2)22(28-23(30)21-19(25)10-7-11-20(21)26)24(31)27-15-17-8-6-9-18(14-17)34(32,33)29-12-4-3-5-13-29/h6-11,14,16,22H,3-5,12-13,15H2,1-2H3,(H,27,31)(H,28,30). The van der Waals surface area contributed by atoms with Crippen molar-refractivity contribution in [3.05, 3.63) is 65.2 Å². The highest BCUT2D eigenvalue weighted by Gasteiger charge is 2.28. The number of nitrogens with one attached hydrogen (secondary N) is 2. The van der Waals surface area contributed by atoms with Crippen LogP contribution in [0.5, 0.6) is 0 Å². The van der Waals surface area contributed by atoms with Crippen molar-refractivity contribution in [1.29, 1.82) is 0 Å². The van der Waals surface area contributed by atoms with Gasteiger partial charge in [-0.1, -0.05) is 38.5 Å². The second kappa shape index (κ2) is 11.1. The minimum absolute atomic E-state index is 0.0232. The second-order valence-corrected chi connectivity index (χ2v) is 10.6. The van der Waals surface area contributed by atoms with Crippen LogP contribution in [0.15, 0.2) is 47.4 Å². The normalized spacial score (nSPS) is 15.7. The number of benzene rings is 2. The van der Waals surface area contributed by atoms with Gasteiger partial charge < -0.3 is 10.6 Å². The first kappa shape index (κ1) is 25.8. The highest BCUT2D eigenvalue weighted by molar-refractivity contribution is 7.89. The first-order chi connectivity index (χ1) is 16.1. The molecule has 0 bridgehead atoms. The van der Waals surface area contributed by atoms with E-state index in [-0.39, 0.29) is 17.4 Å². The molecule has 2 amide bonds. The van der Waals surface area contributed by atoms with E-state index in [4.69, 9.17) is 0 Å². The van der Waals surface area contributed by atoms with Crippen LogP contribution in [0.2, 0.25) is 0 Å². The van der Waals surface area contributed by atoms with Gasteiger partial charge in [0.1, 0.15) is 23.2 Å². The van der Waals surface area contributed by atoms with Crippen molar-refractivity contribution >= 4 is 21.8 Å². The van der Waals surface area contributed by atoms with Crippen molar-refractivity contribution in [3.8, 4) is 0 Å². The van der Waals surface area contributed by atoms with Crippen LogP contribution in [0.3, 0.4) is 0 Å². The third kappa shape index (κ3) is 5.98. The van der Waals surface area contributed by atoms with Crippen molar-refractivity contribution < 1.29 is 26.8 Å². The smallest absolute Gasteiger partial charge is 0.257 e. The van der Waals surface area contributed by atoms with Crippen molar-refractivity contribution in [1.82, 2.24) is 14.9 Å². The molecule has 3 rings (SSSR count). The van der Waals surface area contributed by atoms with Gasteiger partial charge in [0.15, 0.2) is 0 Å². The summed E-state index contributed by atoms with van der Waals surface area (Å²) in [6.45, 7) is 4.38. The van der Waals surface area contributed by atoms with E-state index in [9.17, 15) is 26.8 Å². The van der Waals surface area contributed by atoms with Crippen LogP contribution in [0.1, 0.15) is 49.0 Å². The van der Waals surface area contributed by atoms with E-state index < -0.39 is 45.1 Å². The maximum absolute atomic E-state index is 13.9. The Balaban J connectivity index is 1.68. The van der Waals surface area contributed by atoms with Gasteiger partial charge in [0, 0.05) is 19.6 Å². The summed E-state index contributed by atoms with van der Waals surface area (Å²) in [6.07, 6.45) is 2.66. The van der Waals surface area contributed by atoms with Crippen LogP contribution in [0.4, 0.5) is 8.78 Å². The number of hydrogen-bond acceptors (Lipinski definition) is 4. The molecule has 0 aromatic heterocycles. The Hall–Kier alpha value is -2.85. The fourth-order valence-electron chi connectivity index (χ4n) is 3.83. The molecule has 7 nitrogen and oxygen atoms in total. The highest BCUT2D eigenvalue weighted by atomic mass is 32.2. The Bertz CT molecular complexity index is 1130. The lowest BCUT2D eigenvalue weighted by atomic mass is 10.0. The van der Waals surface area contributed by atoms with Crippen molar-refractivity contribution in [2.75, 3.05) is 13.1 Å². The average molecular weight is 494 g/mol. The molecule has 34 heavy (non-hydrogen) atoms. The second-order valence-electron chi connectivity index (χ2n) is 8.62. The highest BCUT2D eigenvalue weighted by Crippen LogP contribution is 2.21. The summed E-state index contributed by atoms with van der Waals surface area (Å²) in [7, 11) is -3.61.